The van der Waals surface area contributed by atoms with Crippen molar-refractivity contribution in [3.8, 4) is 11.5 Å². The van der Waals surface area contributed by atoms with Crippen LogP contribution in [0.1, 0.15) is 28.7 Å². The SMILES string of the molecule is Cc1ccc(C)c(OCCOc2cccc(CCC(=O)O)c2)c1C. The molecule has 0 saturated carbocycles. The lowest BCUT2D eigenvalue weighted by Gasteiger charge is -2.14. The molecule has 0 atom stereocenters. The van der Waals surface area contributed by atoms with Gasteiger partial charge >= 0.3 is 5.97 Å². The van der Waals surface area contributed by atoms with E-state index in [1.54, 1.807) is 0 Å². The van der Waals surface area contributed by atoms with Gasteiger partial charge in [-0.3, -0.25) is 4.79 Å². The highest BCUT2D eigenvalue weighted by Crippen LogP contribution is 2.25. The maximum Gasteiger partial charge on any atom is 0.303 e. The molecule has 4 nitrogen and oxygen atoms in total. The maximum absolute atomic E-state index is 10.6. The highest BCUT2D eigenvalue weighted by Gasteiger charge is 2.06. The molecule has 0 aromatic heterocycles. The summed E-state index contributed by atoms with van der Waals surface area (Å²) in [5, 5.41) is 8.74. The lowest BCUT2D eigenvalue weighted by atomic mass is 10.1. The van der Waals surface area contributed by atoms with E-state index in [1.807, 2.05) is 31.2 Å². The van der Waals surface area contributed by atoms with Gasteiger partial charge < -0.3 is 14.6 Å². The molecule has 4 heteroatoms. The quantitative estimate of drug-likeness (QED) is 0.742. The van der Waals surface area contributed by atoms with Crippen LogP contribution < -0.4 is 9.47 Å². The monoisotopic (exact) mass is 328 g/mol. The molecule has 1 N–H and O–H groups in total. The van der Waals surface area contributed by atoms with Crippen LogP contribution in [-0.4, -0.2) is 24.3 Å². The average Bonchev–Trinajstić information content (AvgIpc) is 2.56. The van der Waals surface area contributed by atoms with Crippen molar-refractivity contribution in [1.82, 2.24) is 0 Å². The third kappa shape index (κ3) is 5.01. The largest absolute Gasteiger partial charge is 0.490 e. The predicted octanol–water partition coefficient (Wildman–Crippen LogP) is 4.09. The molecular formula is C20H24O4. The maximum atomic E-state index is 10.6. The number of aliphatic carboxylic acids is 1. The van der Waals surface area contributed by atoms with Gasteiger partial charge in [-0.2, -0.15) is 0 Å². The van der Waals surface area contributed by atoms with Gasteiger partial charge in [-0.1, -0.05) is 24.3 Å². The second kappa shape index (κ2) is 8.39. The molecule has 0 saturated heterocycles. The number of ether oxygens (including phenoxy) is 2. The summed E-state index contributed by atoms with van der Waals surface area (Å²) in [5.74, 6) is 0.867. The van der Waals surface area contributed by atoms with Crippen LogP contribution in [0.2, 0.25) is 0 Å². The lowest BCUT2D eigenvalue weighted by Crippen LogP contribution is -2.10. The number of hydrogen-bond acceptors (Lipinski definition) is 3. The second-order valence-corrected chi connectivity index (χ2v) is 5.89. The van der Waals surface area contributed by atoms with Crippen molar-refractivity contribution in [2.24, 2.45) is 0 Å². The summed E-state index contributed by atoms with van der Waals surface area (Å²) >= 11 is 0. The van der Waals surface area contributed by atoms with Gasteiger partial charge in [0, 0.05) is 6.42 Å². The van der Waals surface area contributed by atoms with Crippen molar-refractivity contribution >= 4 is 5.97 Å². The number of carbonyl (C=O) groups is 1. The van der Waals surface area contributed by atoms with Gasteiger partial charge in [-0.15, -0.1) is 0 Å². The topological polar surface area (TPSA) is 55.8 Å². The first kappa shape index (κ1) is 17.9. The molecule has 0 aliphatic rings. The fourth-order valence-corrected chi connectivity index (χ4v) is 2.49. The number of benzene rings is 2. The molecule has 0 bridgehead atoms. The van der Waals surface area contributed by atoms with Crippen LogP contribution in [0.15, 0.2) is 36.4 Å². The first-order valence-electron chi connectivity index (χ1n) is 8.10. The van der Waals surface area contributed by atoms with E-state index in [4.69, 9.17) is 14.6 Å². The number of hydrogen-bond donors (Lipinski definition) is 1. The zero-order valence-corrected chi connectivity index (χ0v) is 14.5. The Balaban J connectivity index is 1.86. The van der Waals surface area contributed by atoms with Crippen LogP contribution in [-0.2, 0) is 11.2 Å². The first-order chi connectivity index (χ1) is 11.5. The van der Waals surface area contributed by atoms with Gasteiger partial charge in [0.2, 0.25) is 0 Å². The summed E-state index contributed by atoms with van der Waals surface area (Å²) in [5.41, 5.74) is 4.45. The number of carboxylic acid groups (broad SMARTS) is 1. The molecule has 0 heterocycles. The second-order valence-electron chi connectivity index (χ2n) is 5.89. The molecule has 24 heavy (non-hydrogen) atoms. The van der Waals surface area contributed by atoms with Crippen molar-refractivity contribution in [3.63, 3.8) is 0 Å². The molecule has 128 valence electrons. The Morgan fingerprint density at radius 2 is 1.71 bits per heavy atom. The molecule has 0 aliphatic heterocycles. The molecule has 0 unspecified atom stereocenters. The van der Waals surface area contributed by atoms with Gasteiger partial charge in [-0.25, -0.2) is 0 Å². The highest BCUT2D eigenvalue weighted by molar-refractivity contribution is 5.67. The van der Waals surface area contributed by atoms with E-state index in [9.17, 15) is 4.79 Å². The Kier molecular flexibility index (Phi) is 6.24. The van der Waals surface area contributed by atoms with Crippen LogP contribution in [0, 0.1) is 20.8 Å². The first-order valence-corrected chi connectivity index (χ1v) is 8.10. The zero-order chi connectivity index (χ0) is 17.5. The molecule has 0 radical (unpaired) electrons. The average molecular weight is 328 g/mol. The van der Waals surface area contributed by atoms with Crippen molar-refractivity contribution in [2.75, 3.05) is 13.2 Å². The smallest absolute Gasteiger partial charge is 0.303 e. The predicted molar refractivity (Wildman–Crippen MR) is 94.0 cm³/mol. The van der Waals surface area contributed by atoms with Gasteiger partial charge in [0.25, 0.3) is 0 Å². The Hall–Kier alpha value is -2.49. The normalized spacial score (nSPS) is 10.5. The van der Waals surface area contributed by atoms with Crippen molar-refractivity contribution < 1.29 is 19.4 Å². The summed E-state index contributed by atoms with van der Waals surface area (Å²) < 4.78 is 11.6. The Morgan fingerprint density at radius 1 is 1.00 bits per heavy atom. The van der Waals surface area contributed by atoms with Gasteiger partial charge in [0.05, 0.1) is 0 Å². The fourth-order valence-electron chi connectivity index (χ4n) is 2.49. The highest BCUT2D eigenvalue weighted by atomic mass is 16.5. The number of aryl methyl sites for hydroxylation is 3. The third-order valence-corrected chi connectivity index (χ3v) is 4.00. The van der Waals surface area contributed by atoms with Crippen LogP contribution in [0.4, 0.5) is 0 Å². The molecule has 2 rings (SSSR count). The minimum Gasteiger partial charge on any atom is -0.490 e. The molecule has 0 amide bonds. The molecule has 0 spiro atoms. The molecule has 0 aliphatic carbocycles. The van der Waals surface area contributed by atoms with Crippen LogP contribution in [0.25, 0.3) is 0 Å². The van der Waals surface area contributed by atoms with Gasteiger partial charge in [-0.05, 0) is 61.6 Å². The summed E-state index contributed by atoms with van der Waals surface area (Å²) in [6, 6.07) is 11.7. The molecule has 0 fully saturated rings. The van der Waals surface area contributed by atoms with Crippen molar-refractivity contribution in [2.45, 2.75) is 33.6 Å². The summed E-state index contributed by atoms with van der Waals surface area (Å²) in [7, 11) is 0. The fraction of sp³-hybridized carbons (Fsp3) is 0.350. The van der Waals surface area contributed by atoms with E-state index in [0.29, 0.717) is 19.6 Å². The van der Waals surface area contributed by atoms with E-state index in [2.05, 4.69) is 26.0 Å². The summed E-state index contributed by atoms with van der Waals surface area (Å²) in [6.45, 7) is 7.07. The van der Waals surface area contributed by atoms with Crippen LogP contribution >= 0.6 is 0 Å². The van der Waals surface area contributed by atoms with E-state index < -0.39 is 5.97 Å². The van der Waals surface area contributed by atoms with E-state index in [-0.39, 0.29) is 6.42 Å². The van der Waals surface area contributed by atoms with E-state index >= 15 is 0 Å². The molecule has 2 aromatic rings. The summed E-state index contributed by atoms with van der Waals surface area (Å²) in [6.07, 6.45) is 0.628. The Bertz CT molecular complexity index is 707. The minimum atomic E-state index is -0.793. The number of carboxylic acids is 1. The minimum absolute atomic E-state index is 0.123. The third-order valence-electron chi connectivity index (χ3n) is 4.00. The summed E-state index contributed by atoms with van der Waals surface area (Å²) in [4.78, 5) is 10.6. The van der Waals surface area contributed by atoms with E-state index in [0.717, 1.165) is 28.2 Å². The van der Waals surface area contributed by atoms with Crippen molar-refractivity contribution in [3.05, 3.63) is 58.7 Å². The zero-order valence-electron chi connectivity index (χ0n) is 14.5. The molecular weight excluding hydrogens is 304 g/mol. The van der Waals surface area contributed by atoms with Gasteiger partial charge in [0.1, 0.15) is 24.7 Å². The Morgan fingerprint density at radius 3 is 2.46 bits per heavy atom. The van der Waals surface area contributed by atoms with Gasteiger partial charge in [0.15, 0.2) is 0 Å². The van der Waals surface area contributed by atoms with Crippen LogP contribution in [0.3, 0.4) is 0 Å². The Labute approximate surface area is 143 Å². The van der Waals surface area contributed by atoms with E-state index in [1.165, 1.54) is 5.56 Å². The molecule has 2 aromatic carbocycles. The van der Waals surface area contributed by atoms with Crippen molar-refractivity contribution in [1.29, 1.82) is 0 Å². The number of rotatable bonds is 8. The lowest BCUT2D eigenvalue weighted by molar-refractivity contribution is -0.136. The standard InChI is InChI=1S/C20H24O4/c1-14-7-8-15(2)20(16(14)3)24-12-11-23-18-6-4-5-17(13-18)9-10-19(21)22/h4-8,13H,9-12H2,1-3H3,(H,21,22). The van der Waals surface area contributed by atoms with Crippen LogP contribution in [0.5, 0.6) is 11.5 Å².